The molecule has 2 aliphatic rings. The van der Waals surface area contributed by atoms with E-state index in [1.165, 1.54) is 17.0 Å². The molecule has 1 fully saturated rings. The van der Waals surface area contributed by atoms with Gasteiger partial charge in [-0.05, 0) is 43.2 Å². The van der Waals surface area contributed by atoms with Crippen molar-refractivity contribution in [3.05, 3.63) is 53.6 Å². The molecule has 0 bridgehead atoms. The number of fused-ring (bicyclic) bond motifs is 1. The normalized spacial score (nSPS) is 18.4. The maximum Gasteiger partial charge on any atom is 0.416 e. The highest BCUT2D eigenvalue weighted by Gasteiger charge is 2.33. The van der Waals surface area contributed by atoms with Crippen LogP contribution in [0.3, 0.4) is 0 Å². The zero-order valence-corrected chi connectivity index (χ0v) is 16.6. The van der Waals surface area contributed by atoms with Crippen LogP contribution in [0.5, 0.6) is 11.5 Å². The Balaban J connectivity index is 1.42. The minimum Gasteiger partial charge on any atom is -0.486 e. The van der Waals surface area contributed by atoms with Crippen molar-refractivity contribution in [2.75, 3.05) is 31.6 Å². The number of benzene rings is 2. The summed E-state index contributed by atoms with van der Waals surface area (Å²) in [7, 11) is 0. The van der Waals surface area contributed by atoms with Crippen LogP contribution < -0.4 is 14.8 Å². The fourth-order valence-corrected chi connectivity index (χ4v) is 3.75. The fourth-order valence-electron chi connectivity index (χ4n) is 3.75. The smallest absolute Gasteiger partial charge is 0.416 e. The summed E-state index contributed by atoms with van der Waals surface area (Å²) < 4.78 is 49.8. The molecule has 0 spiro atoms. The fraction of sp³-hybridized carbons (Fsp3) is 0.364. The van der Waals surface area contributed by atoms with Gasteiger partial charge in [-0.25, -0.2) is 0 Å². The van der Waals surface area contributed by atoms with Crippen molar-refractivity contribution >= 4 is 17.5 Å². The van der Waals surface area contributed by atoms with Gasteiger partial charge in [0.05, 0.1) is 11.5 Å². The minimum absolute atomic E-state index is 0.0391. The number of piperidine rings is 1. The van der Waals surface area contributed by atoms with Gasteiger partial charge >= 0.3 is 6.18 Å². The van der Waals surface area contributed by atoms with Crippen molar-refractivity contribution in [2.24, 2.45) is 5.92 Å². The number of rotatable bonds is 3. The summed E-state index contributed by atoms with van der Waals surface area (Å²) in [6.07, 6.45) is -3.35. The van der Waals surface area contributed by atoms with Gasteiger partial charge in [0, 0.05) is 30.4 Å². The van der Waals surface area contributed by atoms with Crippen LogP contribution in [0.2, 0.25) is 0 Å². The molecule has 4 rings (SSSR count). The number of halogens is 3. The highest BCUT2D eigenvalue weighted by Crippen LogP contribution is 2.33. The first-order valence-electron chi connectivity index (χ1n) is 9.98. The molecule has 1 saturated heterocycles. The van der Waals surface area contributed by atoms with Crippen molar-refractivity contribution in [2.45, 2.75) is 19.0 Å². The summed E-state index contributed by atoms with van der Waals surface area (Å²) >= 11 is 0. The number of carbonyl (C=O) groups excluding carboxylic acids is 2. The lowest BCUT2D eigenvalue weighted by molar-refractivity contribution is -0.137. The molecule has 1 atom stereocenters. The van der Waals surface area contributed by atoms with Gasteiger partial charge in [0.15, 0.2) is 11.5 Å². The molecule has 1 N–H and O–H groups in total. The Hall–Kier alpha value is -3.23. The molecule has 164 valence electrons. The molecule has 0 radical (unpaired) electrons. The third kappa shape index (κ3) is 4.76. The summed E-state index contributed by atoms with van der Waals surface area (Å²) in [5.41, 5.74) is -0.360. The number of anilines is 1. The average Bonchev–Trinajstić information content (AvgIpc) is 2.78. The zero-order valence-electron chi connectivity index (χ0n) is 16.6. The van der Waals surface area contributed by atoms with Crippen molar-refractivity contribution in [3.63, 3.8) is 0 Å². The van der Waals surface area contributed by atoms with E-state index in [0.29, 0.717) is 49.8 Å². The Kier molecular flexibility index (Phi) is 5.75. The summed E-state index contributed by atoms with van der Waals surface area (Å²) in [4.78, 5) is 27.0. The van der Waals surface area contributed by atoms with Crippen molar-refractivity contribution < 1.29 is 32.2 Å². The summed E-state index contributed by atoms with van der Waals surface area (Å²) in [5.74, 6) is -0.0633. The molecule has 0 saturated carbocycles. The van der Waals surface area contributed by atoms with E-state index in [1.807, 2.05) is 0 Å². The van der Waals surface area contributed by atoms with E-state index < -0.39 is 23.6 Å². The summed E-state index contributed by atoms with van der Waals surface area (Å²) in [5, 5.41) is 2.83. The van der Waals surface area contributed by atoms with Gasteiger partial charge < -0.3 is 19.7 Å². The molecule has 31 heavy (non-hydrogen) atoms. The number of hydrogen-bond acceptors (Lipinski definition) is 4. The Morgan fingerprint density at radius 2 is 1.81 bits per heavy atom. The van der Waals surface area contributed by atoms with E-state index in [0.717, 1.165) is 12.1 Å². The SMILES string of the molecule is O=C(Nc1ccc2c(c1)OCCO2)C1CCCN(C(=O)c2cccc(C(F)(F)F)c2)C1. The molecule has 0 aliphatic carbocycles. The maximum absolute atomic E-state index is 13.0. The quantitative estimate of drug-likeness (QED) is 0.794. The number of alkyl halides is 3. The monoisotopic (exact) mass is 434 g/mol. The van der Waals surface area contributed by atoms with Crippen LogP contribution in [0.4, 0.5) is 18.9 Å². The molecule has 2 amide bonds. The van der Waals surface area contributed by atoms with Gasteiger partial charge in [-0.15, -0.1) is 0 Å². The standard InChI is InChI=1S/C22H21F3N2O4/c23-22(24,25)16-5-1-3-14(11-16)21(29)27-8-2-4-15(13-27)20(28)26-17-6-7-18-19(12-17)31-10-9-30-18/h1,3,5-7,11-12,15H,2,4,8-10,13H2,(H,26,28). The van der Waals surface area contributed by atoms with Crippen LogP contribution in [0, 0.1) is 5.92 Å². The average molecular weight is 434 g/mol. The van der Waals surface area contributed by atoms with Gasteiger partial charge in [0.1, 0.15) is 13.2 Å². The minimum atomic E-state index is -4.52. The Labute approximate surface area is 176 Å². The second kappa shape index (κ2) is 8.49. The van der Waals surface area contributed by atoms with Crippen LogP contribution in [0.15, 0.2) is 42.5 Å². The lowest BCUT2D eigenvalue weighted by Gasteiger charge is -2.32. The number of amides is 2. The molecule has 1 unspecified atom stereocenters. The van der Waals surface area contributed by atoms with Gasteiger partial charge in [-0.2, -0.15) is 13.2 Å². The van der Waals surface area contributed by atoms with Crippen molar-refractivity contribution in [1.82, 2.24) is 4.90 Å². The molecule has 2 aromatic carbocycles. The van der Waals surface area contributed by atoms with Crippen LogP contribution in [-0.2, 0) is 11.0 Å². The molecule has 0 aromatic heterocycles. The van der Waals surface area contributed by atoms with Gasteiger partial charge in [-0.3, -0.25) is 9.59 Å². The number of nitrogens with zero attached hydrogens (tertiary/aromatic N) is 1. The molecule has 9 heteroatoms. The molecule has 2 aromatic rings. The van der Waals surface area contributed by atoms with E-state index in [2.05, 4.69) is 5.32 Å². The van der Waals surface area contributed by atoms with Crippen molar-refractivity contribution in [1.29, 1.82) is 0 Å². The topological polar surface area (TPSA) is 67.9 Å². The predicted octanol–water partition coefficient (Wildman–Crippen LogP) is 3.97. The first-order chi connectivity index (χ1) is 14.8. The zero-order chi connectivity index (χ0) is 22.0. The number of hydrogen-bond donors (Lipinski definition) is 1. The highest BCUT2D eigenvalue weighted by molar-refractivity contribution is 5.96. The Morgan fingerprint density at radius 1 is 1.03 bits per heavy atom. The van der Waals surface area contributed by atoms with Crippen LogP contribution in [0.1, 0.15) is 28.8 Å². The molecular weight excluding hydrogens is 413 g/mol. The number of carbonyl (C=O) groups is 2. The molecule has 2 aliphatic heterocycles. The lowest BCUT2D eigenvalue weighted by Crippen LogP contribution is -2.43. The second-order valence-electron chi connectivity index (χ2n) is 7.52. The van der Waals surface area contributed by atoms with E-state index in [1.54, 1.807) is 18.2 Å². The van der Waals surface area contributed by atoms with E-state index in [-0.39, 0.29) is 18.0 Å². The largest absolute Gasteiger partial charge is 0.486 e. The Morgan fingerprint density at radius 3 is 2.58 bits per heavy atom. The molecular formula is C22H21F3N2O4. The Bertz CT molecular complexity index is 993. The van der Waals surface area contributed by atoms with E-state index in [9.17, 15) is 22.8 Å². The first kappa shape index (κ1) is 21.0. The third-order valence-electron chi connectivity index (χ3n) is 5.33. The van der Waals surface area contributed by atoms with Crippen molar-refractivity contribution in [3.8, 4) is 11.5 Å². The lowest BCUT2D eigenvalue weighted by atomic mass is 9.96. The number of nitrogens with one attached hydrogen (secondary N) is 1. The highest BCUT2D eigenvalue weighted by atomic mass is 19.4. The van der Waals surface area contributed by atoms with Gasteiger partial charge in [-0.1, -0.05) is 6.07 Å². The van der Waals surface area contributed by atoms with Gasteiger partial charge in [0.25, 0.3) is 5.91 Å². The van der Waals surface area contributed by atoms with E-state index in [4.69, 9.17) is 9.47 Å². The number of likely N-dealkylation sites (tertiary alicyclic amines) is 1. The predicted molar refractivity (Wildman–Crippen MR) is 106 cm³/mol. The van der Waals surface area contributed by atoms with Crippen LogP contribution >= 0.6 is 0 Å². The summed E-state index contributed by atoms with van der Waals surface area (Å²) in [6, 6.07) is 9.45. The van der Waals surface area contributed by atoms with Gasteiger partial charge in [0.2, 0.25) is 5.91 Å². The maximum atomic E-state index is 13.0. The number of ether oxygens (including phenoxy) is 2. The van der Waals surface area contributed by atoms with E-state index >= 15 is 0 Å². The third-order valence-corrected chi connectivity index (χ3v) is 5.33. The molecule has 2 heterocycles. The first-order valence-corrected chi connectivity index (χ1v) is 9.98. The second-order valence-corrected chi connectivity index (χ2v) is 7.52. The summed E-state index contributed by atoms with van der Waals surface area (Å²) in [6.45, 7) is 1.44. The van der Waals surface area contributed by atoms with Crippen LogP contribution in [-0.4, -0.2) is 43.0 Å². The molecule has 6 nitrogen and oxygen atoms in total. The van der Waals surface area contributed by atoms with Crippen LogP contribution in [0.25, 0.3) is 0 Å².